The van der Waals surface area contributed by atoms with Gasteiger partial charge in [0.15, 0.2) is 0 Å². The summed E-state index contributed by atoms with van der Waals surface area (Å²) in [5, 5.41) is 20.9. The Morgan fingerprint density at radius 3 is 2.41 bits per heavy atom. The van der Waals surface area contributed by atoms with E-state index >= 15 is 0 Å². The fourth-order valence-electron chi connectivity index (χ4n) is 2.31. The van der Waals surface area contributed by atoms with Gasteiger partial charge in [0.2, 0.25) is 0 Å². The maximum Gasteiger partial charge on any atom is 0.294 e. The van der Waals surface area contributed by atoms with Crippen molar-refractivity contribution in [3.8, 4) is 0 Å². The minimum Gasteiger partial charge on any atom is -0.393 e. The zero-order chi connectivity index (χ0) is 17.3. The number of hydrogen-bond acceptors (Lipinski definition) is 4. The van der Waals surface area contributed by atoms with E-state index in [0.29, 0.717) is 17.3 Å². The van der Waals surface area contributed by atoms with Gasteiger partial charge in [0.05, 0.1) is 11.0 Å². The van der Waals surface area contributed by atoms with Gasteiger partial charge in [-0.05, 0) is 25.5 Å². The van der Waals surface area contributed by atoms with Gasteiger partial charge >= 0.3 is 0 Å². The summed E-state index contributed by atoms with van der Waals surface area (Å²) in [5.74, 6) is 0.167. The molecule has 2 rings (SSSR count). The Bertz CT molecular complexity index is 467. The lowest BCUT2D eigenvalue weighted by molar-refractivity contribution is -0.384. The van der Waals surface area contributed by atoms with Gasteiger partial charge in [-0.25, -0.2) is 0 Å². The maximum atomic E-state index is 11.0. The molecular weight excluding hydrogens is 304 g/mol. The van der Waals surface area contributed by atoms with E-state index in [1.807, 2.05) is 32.6 Å². The van der Waals surface area contributed by atoms with Gasteiger partial charge in [0.25, 0.3) is 5.69 Å². The van der Waals surface area contributed by atoms with Gasteiger partial charge in [0, 0.05) is 30.1 Å². The van der Waals surface area contributed by atoms with Crippen molar-refractivity contribution in [3.05, 3.63) is 33.3 Å². The molecule has 2 unspecified atom stereocenters. The third kappa shape index (κ3) is 5.46. The minimum absolute atomic E-state index is 0.0220. The Morgan fingerprint density at radius 2 is 1.95 bits per heavy atom. The van der Waals surface area contributed by atoms with Crippen LogP contribution in [0.2, 0.25) is 5.02 Å². The highest BCUT2D eigenvalue weighted by Gasteiger charge is 2.29. The van der Waals surface area contributed by atoms with Crippen molar-refractivity contribution in [2.45, 2.75) is 47.1 Å². The number of nitrogens with zero attached hydrogens (tertiary/aromatic N) is 2. The Balaban J connectivity index is 0.00000102. The fourth-order valence-corrected chi connectivity index (χ4v) is 2.48. The molecular formula is C16H27ClN2O3. The van der Waals surface area contributed by atoms with E-state index in [0.717, 1.165) is 13.0 Å². The first-order valence-electron chi connectivity index (χ1n) is 7.86. The van der Waals surface area contributed by atoms with Gasteiger partial charge in [-0.2, -0.15) is 0 Å². The van der Waals surface area contributed by atoms with Crippen molar-refractivity contribution in [1.82, 2.24) is 0 Å². The molecule has 1 N–H and O–H groups in total. The van der Waals surface area contributed by atoms with Crippen LogP contribution in [0, 0.1) is 16.0 Å². The topological polar surface area (TPSA) is 66.6 Å². The predicted molar refractivity (Wildman–Crippen MR) is 92.8 cm³/mol. The molecule has 0 spiro atoms. The zero-order valence-corrected chi connectivity index (χ0v) is 14.8. The highest BCUT2D eigenvalue weighted by atomic mass is 35.5. The fraction of sp³-hybridized carbons (Fsp3) is 0.625. The summed E-state index contributed by atoms with van der Waals surface area (Å²) in [7, 11) is 0. The van der Waals surface area contributed by atoms with E-state index in [4.69, 9.17) is 11.6 Å². The van der Waals surface area contributed by atoms with Crippen LogP contribution in [-0.4, -0.2) is 29.2 Å². The Hall–Kier alpha value is -1.33. The molecule has 1 heterocycles. The highest BCUT2D eigenvalue weighted by Crippen LogP contribution is 2.34. The summed E-state index contributed by atoms with van der Waals surface area (Å²) in [5.41, 5.74) is 0.598. The van der Waals surface area contributed by atoms with E-state index in [1.165, 1.54) is 6.07 Å². The SMILES string of the molecule is CC.CC.CC(O)C1CCN(c2ccc(Cl)cc2[N+](=O)[O-])C1. The average molecular weight is 331 g/mol. The quantitative estimate of drug-likeness (QED) is 0.654. The van der Waals surface area contributed by atoms with Crippen LogP contribution in [0.15, 0.2) is 18.2 Å². The normalized spacial score (nSPS) is 17.8. The number of halogens is 1. The molecule has 1 fully saturated rings. The molecule has 6 heteroatoms. The van der Waals surface area contributed by atoms with Crippen molar-refractivity contribution in [2.75, 3.05) is 18.0 Å². The van der Waals surface area contributed by atoms with Crippen molar-refractivity contribution >= 4 is 23.0 Å². The average Bonchev–Trinajstić information content (AvgIpc) is 3.01. The lowest BCUT2D eigenvalue weighted by Crippen LogP contribution is -2.24. The standard InChI is InChI=1S/C12H15ClN2O3.2C2H6/c1-8(16)9-4-5-14(7-9)11-3-2-10(13)6-12(11)15(17)18;2*1-2/h2-3,6,8-9,16H,4-5,7H2,1H3;2*1-2H3. The highest BCUT2D eigenvalue weighted by molar-refractivity contribution is 6.30. The van der Waals surface area contributed by atoms with Crippen molar-refractivity contribution in [2.24, 2.45) is 5.92 Å². The molecule has 1 aliphatic rings. The first kappa shape index (κ1) is 20.7. The number of nitro groups is 1. The summed E-state index contributed by atoms with van der Waals surface area (Å²) in [4.78, 5) is 12.5. The summed E-state index contributed by atoms with van der Waals surface area (Å²) in [6, 6.07) is 4.69. The maximum absolute atomic E-state index is 11.0. The van der Waals surface area contributed by atoms with Crippen LogP contribution in [0.4, 0.5) is 11.4 Å². The molecule has 2 atom stereocenters. The lowest BCUT2D eigenvalue weighted by atomic mass is 10.0. The molecule has 0 aromatic heterocycles. The molecule has 0 bridgehead atoms. The first-order chi connectivity index (χ1) is 10.5. The van der Waals surface area contributed by atoms with Gasteiger partial charge < -0.3 is 10.0 Å². The Labute approximate surface area is 138 Å². The third-order valence-corrected chi connectivity index (χ3v) is 3.62. The van der Waals surface area contributed by atoms with Gasteiger partial charge in [-0.3, -0.25) is 10.1 Å². The number of hydrogen-bond donors (Lipinski definition) is 1. The Kier molecular flexibility index (Phi) is 9.78. The van der Waals surface area contributed by atoms with E-state index in [2.05, 4.69) is 0 Å². The number of rotatable bonds is 3. The second kappa shape index (κ2) is 10.4. The summed E-state index contributed by atoms with van der Waals surface area (Å²) in [6.45, 7) is 11.1. The summed E-state index contributed by atoms with van der Waals surface area (Å²) in [6.07, 6.45) is 0.457. The molecule has 1 saturated heterocycles. The van der Waals surface area contributed by atoms with Crippen LogP contribution in [0.1, 0.15) is 41.0 Å². The minimum atomic E-state index is -0.420. The van der Waals surface area contributed by atoms with Crippen molar-refractivity contribution in [1.29, 1.82) is 0 Å². The van der Waals surface area contributed by atoms with Gasteiger partial charge in [-0.1, -0.05) is 39.3 Å². The molecule has 0 radical (unpaired) electrons. The van der Waals surface area contributed by atoms with Crippen molar-refractivity contribution in [3.63, 3.8) is 0 Å². The largest absolute Gasteiger partial charge is 0.393 e. The van der Waals surface area contributed by atoms with Crippen molar-refractivity contribution < 1.29 is 10.0 Å². The van der Waals surface area contributed by atoms with E-state index < -0.39 is 4.92 Å². The van der Waals surface area contributed by atoms with Crippen LogP contribution < -0.4 is 4.90 Å². The lowest BCUT2D eigenvalue weighted by Gasteiger charge is -2.19. The number of nitro benzene ring substituents is 1. The second-order valence-corrected chi connectivity index (χ2v) is 5.06. The van der Waals surface area contributed by atoms with Crippen LogP contribution in [0.3, 0.4) is 0 Å². The number of aliphatic hydroxyl groups excluding tert-OH is 1. The monoisotopic (exact) mass is 330 g/mol. The van der Waals surface area contributed by atoms with Crippen LogP contribution in [-0.2, 0) is 0 Å². The molecule has 126 valence electrons. The van der Waals surface area contributed by atoms with Gasteiger partial charge in [0.1, 0.15) is 5.69 Å². The molecule has 1 aromatic carbocycles. The van der Waals surface area contributed by atoms with Gasteiger partial charge in [-0.15, -0.1) is 0 Å². The number of aliphatic hydroxyl groups is 1. The predicted octanol–water partition coefficient (Wildman–Crippen LogP) is 4.51. The molecule has 1 aromatic rings. The molecule has 22 heavy (non-hydrogen) atoms. The molecule has 0 saturated carbocycles. The van der Waals surface area contributed by atoms with E-state index in [1.54, 1.807) is 19.1 Å². The Morgan fingerprint density at radius 1 is 1.36 bits per heavy atom. The molecule has 5 nitrogen and oxygen atoms in total. The summed E-state index contributed by atoms with van der Waals surface area (Å²) < 4.78 is 0. The van der Waals surface area contributed by atoms with Crippen LogP contribution >= 0.6 is 11.6 Å². The zero-order valence-electron chi connectivity index (χ0n) is 14.0. The van der Waals surface area contributed by atoms with Crippen LogP contribution in [0.5, 0.6) is 0 Å². The van der Waals surface area contributed by atoms with E-state index in [-0.39, 0.29) is 17.7 Å². The smallest absolute Gasteiger partial charge is 0.294 e. The second-order valence-electron chi connectivity index (χ2n) is 4.63. The number of anilines is 1. The first-order valence-corrected chi connectivity index (χ1v) is 8.24. The summed E-state index contributed by atoms with van der Waals surface area (Å²) >= 11 is 5.78. The number of benzene rings is 1. The molecule has 0 amide bonds. The van der Waals surface area contributed by atoms with Crippen LogP contribution in [0.25, 0.3) is 0 Å². The third-order valence-electron chi connectivity index (χ3n) is 3.38. The van der Waals surface area contributed by atoms with E-state index in [9.17, 15) is 15.2 Å². The molecule has 0 aliphatic carbocycles. The molecule has 1 aliphatic heterocycles.